The molecule has 1 aliphatic rings. The normalized spacial score (nSPS) is 14.6. The summed E-state index contributed by atoms with van der Waals surface area (Å²) in [7, 11) is 0. The molecule has 1 aromatic rings. The second-order valence-corrected chi connectivity index (χ2v) is 5.91. The molecule has 0 saturated heterocycles. The van der Waals surface area contributed by atoms with Crippen LogP contribution >= 0.6 is 23.2 Å². The van der Waals surface area contributed by atoms with Crippen molar-refractivity contribution in [3.05, 3.63) is 27.5 Å². The predicted octanol–water partition coefficient (Wildman–Crippen LogP) is 3.28. The summed E-state index contributed by atoms with van der Waals surface area (Å²) in [6, 6.07) is 1.37. The number of carbonyl (C=O) groups excluding carboxylic acids is 2. The molecule has 102 valence electrons. The minimum absolute atomic E-state index is 0.0172. The maximum Gasteiger partial charge on any atom is 0.417 e. The van der Waals surface area contributed by atoms with Crippen molar-refractivity contribution in [1.82, 2.24) is 9.88 Å². The highest BCUT2D eigenvalue weighted by Crippen LogP contribution is 2.30. The highest BCUT2D eigenvalue weighted by Gasteiger charge is 2.37. The highest BCUT2D eigenvalue weighted by atomic mass is 35.5. The number of imide groups is 1. The van der Waals surface area contributed by atoms with Crippen molar-refractivity contribution in [2.24, 2.45) is 0 Å². The number of pyridine rings is 1. The van der Waals surface area contributed by atoms with Gasteiger partial charge in [0.2, 0.25) is 0 Å². The molecular formula is C12H12Cl2N2O3. The van der Waals surface area contributed by atoms with Crippen LogP contribution in [0.1, 0.15) is 36.8 Å². The average molecular weight is 303 g/mol. The van der Waals surface area contributed by atoms with Crippen LogP contribution in [0.25, 0.3) is 0 Å². The molecule has 0 radical (unpaired) electrons. The van der Waals surface area contributed by atoms with Crippen LogP contribution < -0.4 is 0 Å². The van der Waals surface area contributed by atoms with Gasteiger partial charge in [0, 0.05) is 0 Å². The molecule has 19 heavy (non-hydrogen) atoms. The highest BCUT2D eigenvalue weighted by molar-refractivity contribution is 6.36. The fraction of sp³-hybridized carbons (Fsp3) is 0.417. The average Bonchev–Trinajstić information content (AvgIpc) is 2.53. The first kappa shape index (κ1) is 14.1. The molecule has 0 unspecified atom stereocenters. The van der Waals surface area contributed by atoms with E-state index in [0.29, 0.717) is 5.69 Å². The molecule has 0 saturated carbocycles. The quantitative estimate of drug-likeness (QED) is 0.690. The van der Waals surface area contributed by atoms with Crippen LogP contribution in [-0.4, -0.2) is 27.5 Å². The minimum atomic E-state index is -0.720. The Balaban J connectivity index is 2.29. The summed E-state index contributed by atoms with van der Waals surface area (Å²) in [5.74, 6) is -0.515. The number of fused-ring (bicyclic) bond motifs is 1. The third-order valence-corrected chi connectivity index (χ3v) is 2.89. The number of carbonyl (C=O) groups is 2. The van der Waals surface area contributed by atoms with Crippen LogP contribution in [-0.2, 0) is 11.3 Å². The van der Waals surface area contributed by atoms with Crippen molar-refractivity contribution in [2.45, 2.75) is 32.9 Å². The Bertz CT molecular complexity index is 567. The van der Waals surface area contributed by atoms with Crippen molar-refractivity contribution in [2.75, 3.05) is 0 Å². The fourth-order valence-corrected chi connectivity index (χ4v) is 2.25. The summed E-state index contributed by atoms with van der Waals surface area (Å²) < 4.78 is 5.16. The first-order chi connectivity index (χ1) is 8.69. The van der Waals surface area contributed by atoms with E-state index in [1.807, 2.05) is 0 Å². The Hall–Kier alpha value is -1.33. The van der Waals surface area contributed by atoms with Crippen molar-refractivity contribution < 1.29 is 14.3 Å². The zero-order chi connectivity index (χ0) is 14.4. The molecule has 0 N–H and O–H groups in total. The lowest BCUT2D eigenvalue weighted by Crippen LogP contribution is -2.36. The van der Waals surface area contributed by atoms with Crippen molar-refractivity contribution in [1.29, 1.82) is 0 Å². The number of halogens is 2. The second kappa shape index (κ2) is 4.65. The lowest BCUT2D eigenvalue weighted by molar-refractivity contribution is 0.0247. The first-order valence-electron chi connectivity index (χ1n) is 5.59. The van der Waals surface area contributed by atoms with E-state index >= 15 is 0 Å². The number of amides is 2. The van der Waals surface area contributed by atoms with Crippen LogP contribution in [0.5, 0.6) is 0 Å². The van der Waals surface area contributed by atoms with Crippen LogP contribution in [0.4, 0.5) is 4.79 Å². The summed E-state index contributed by atoms with van der Waals surface area (Å²) >= 11 is 11.7. The molecule has 0 fully saturated rings. The van der Waals surface area contributed by atoms with E-state index in [-0.39, 0.29) is 22.3 Å². The van der Waals surface area contributed by atoms with E-state index in [2.05, 4.69) is 4.98 Å². The number of hydrogen-bond donors (Lipinski definition) is 0. The summed E-state index contributed by atoms with van der Waals surface area (Å²) in [6.45, 7) is 5.19. The topological polar surface area (TPSA) is 59.5 Å². The Morgan fingerprint density at radius 1 is 1.42 bits per heavy atom. The van der Waals surface area contributed by atoms with Gasteiger partial charge in [-0.1, -0.05) is 23.2 Å². The third-order valence-electron chi connectivity index (χ3n) is 2.40. The largest absolute Gasteiger partial charge is 0.443 e. The van der Waals surface area contributed by atoms with Crippen molar-refractivity contribution in [3.63, 3.8) is 0 Å². The van der Waals surface area contributed by atoms with E-state index < -0.39 is 17.6 Å². The molecule has 5 nitrogen and oxygen atoms in total. The molecule has 2 amide bonds. The SMILES string of the molecule is CC(C)(C)OC(=O)N1Cc2nc(Cl)cc(Cl)c2C1=O. The van der Waals surface area contributed by atoms with Gasteiger partial charge >= 0.3 is 6.09 Å². The Morgan fingerprint density at radius 3 is 2.63 bits per heavy atom. The minimum Gasteiger partial charge on any atom is -0.443 e. The molecule has 7 heteroatoms. The standard InChI is InChI=1S/C12H12Cl2N2O3/c1-12(2,3)19-11(18)16-5-7-9(10(16)17)6(13)4-8(14)15-7/h4H,5H2,1-3H3. The van der Waals surface area contributed by atoms with Gasteiger partial charge in [0.15, 0.2) is 0 Å². The zero-order valence-corrected chi connectivity index (χ0v) is 12.2. The van der Waals surface area contributed by atoms with Crippen LogP contribution in [0.2, 0.25) is 10.2 Å². The maximum atomic E-state index is 12.1. The van der Waals surface area contributed by atoms with Gasteiger partial charge in [-0.25, -0.2) is 14.7 Å². The second-order valence-electron chi connectivity index (χ2n) is 5.12. The molecule has 2 rings (SSSR count). The Morgan fingerprint density at radius 2 is 2.05 bits per heavy atom. The maximum absolute atomic E-state index is 12.1. The molecule has 2 heterocycles. The molecule has 0 spiro atoms. The number of aromatic nitrogens is 1. The molecule has 0 atom stereocenters. The smallest absolute Gasteiger partial charge is 0.417 e. The first-order valence-corrected chi connectivity index (χ1v) is 6.34. The molecule has 0 aliphatic carbocycles. The van der Waals surface area contributed by atoms with E-state index in [9.17, 15) is 9.59 Å². The third kappa shape index (κ3) is 2.82. The summed E-state index contributed by atoms with van der Waals surface area (Å²) in [5, 5.41) is 0.369. The van der Waals surface area contributed by atoms with E-state index in [1.165, 1.54) is 6.07 Å². The van der Waals surface area contributed by atoms with Gasteiger partial charge in [0.25, 0.3) is 5.91 Å². The van der Waals surface area contributed by atoms with Gasteiger partial charge in [0.1, 0.15) is 10.8 Å². The van der Waals surface area contributed by atoms with E-state index in [4.69, 9.17) is 27.9 Å². The molecule has 1 aliphatic heterocycles. The van der Waals surface area contributed by atoms with Gasteiger partial charge < -0.3 is 4.74 Å². The molecular weight excluding hydrogens is 291 g/mol. The summed E-state index contributed by atoms with van der Waals surface area (Å²) in [5.41, 5.74) is -0.0913. The van der Waals surface area contributed by atoms with E-state index in [1.54, 1.807) is 20.8 Å². The lowest BCUT2D eigenvalue weighted by Gasteiger charge is -2.23. The summed E-state index contributed by atoms with van der Waals surface area (Å²) in [4.78, 5) is 29.0. The monoisotopic (exact) mass is 302 g/mol. The molecule has 1 aromatic heterocycles. The van der Waals surface area contributed by atoms with Crippen molar-refractivity contribution in [3.8, 4) is 0 Å². The number of rotatable bonds is 0. The number of ether oxygens (including phenoxy) is 1. The van der Waals surface area contributed by atoms with E-state index in [0.717, 1.165) is 4.90 Å². The number of nitrogens with zero attached hydrogens (tertiary/aromatic N) is 2. The fourth-order valence-electron chi connectivity index (χ4n) is 1.69. The Kier molecular flexibility index (Phi) is 3.45. The van der Waals surface area contributed by atoms with Gasteiger partial charge in [-0.3, -0.25) is 4.79 Å². The van der Waals surface area contributed by atoms with Crippen LogP contribution in [0, 0.1) is 0 Å². The van der Waals surface area contributed by atoms with Gasteiger partial charge in [-0.05, 0) is 26.8 Å². The predicted molar refractivity (Wildman–Crippen MR) is 70.4 cm³/mol. The molecule has 0 aromatic carbocycles. The lowest BCUT2D eigenvalue weighted by atomic mass is 10.2. The van der Waals surface area contributed by atoms with Crippen LogP contribution in [0.15, 0.2) is 6.07 Å². The Labute approximate surface area is 120 Å². The van der Waals surface area contributed by atoms with Gasteiger partial charge in [0.05, 0.1) is 22.8 Å². The van der Waals surface area contributed by atoms with Crippen LogP contribution in [0.3, 0.4) is 0 Å². The van der Waals surface area contributed by atoms with Crippen molar-refractivity contribution >= 4 is 35.2 Å². The zero-order valence-electron chi connectivity index (χ0n) is 10.7. The van der Waals surface area contributed by atoms with Gasteiger partial charge in [-0.15, -0.1) is 0 Å². The number of hydrogen-bond acceptors (Lipinski definition) is 4. The summed E-state index contributed by atoms with van der Waals surface area (Å²) in [6.07, 6.45) is -0.720. The van der Waals surface area contributed by atoms with Gasteiger partial charge in [-0.2, -0.15) is 0 Å². The molecule has 0 bridgehead atoms.